The Kier molecular flexibility index (Phi) is 4.38. The molecule has 2 N–H and O–H groups in total. The molecule has 1 saturated carbocycles. The quantitative estimate of drug-likeness (QED) is 0.834. The van der Waals surface area contributed by atoms with Crippen LogP contribution in [0, 0.1) is 11.3 Å². The van der Waals surface area contributed by atoms with Crippen molar-refractivity contribution in [2.24, 2.45) is 17.1 Å². The lowest BCUT2D eigenvalue weighted by atomic mass is 9.61. The van der Waals surface area contributed by atoms with E-state index in [9.17, 15) is 0 Å². The van der Waals surface area contributed by atoms with Gasteiger partial charge >= 0.3 is 0 Å². The molecule has 0 amide bonds. The van der Waals surface area contributed by atoms with Gasteiger partial charge in [-0.3, -0.25) is 4.90 Å². The molecule has 0 aromatic heterocycles. The molecular weight excluding hydrogens is 220 g/mol. The van der Waals surface area contributed by atoms with Crippen LogP contribution in [0.1, 0.15) is 65.7 Å². The molecule has 2 fully saturated rings. The summed E-state index contributed by atoms with van der Waals surface area (Å²) in [6.45, 7) is 10.7. The van der Waals surface area contributed by atoms with Crippen LogP contribution in [0.15, 0.2) is 0 Å². The van der Waals surface area contributed by atoms with Gasteiger partial charge in [-0.1, -0.05) is 40.0 Å². The Morgan fingerprint density at radius 1 is 1.17 bits per heavy atom. The van der Waals surface area contributed by atoms with Crippen LogP contribution < -0.4 is 5.73 Å². The van der Waals surface area contributed by atoms with Crippen LogP contribution in [0.2, 0.25) is 0 Å². The second-order valence-electron chi connectivity index (χ2n) is 7.19. The van der Waals surface area contributed by atoms with Gasteiger partial charge in [-0.05, 0) is 43.6 Å². The maximum atomic E-state index is 6.29. The standard InChI is InChI=1S/C16H32N2/c1-4-14-8-7-11-18(12-14)16(13-17)10-6-5-9-15(16,2)3/h14H,4-13,17H2,1-3H3. The molecule has 1 heterocycles. The van der Waals surface area contributed by atoms with Crippen molar-refractivity contribution in [2.75, 3.05) is 19.6 Å². The fourth-order valence-electron chi connectivity index (χ4n) is 4.44. The first kappa shape index (κ1) is 14.3. The predicted molar refractivity (Wildman–Crippen MR) is 78.6 cm³/mol. The van der Waals surface area contributed by atoms with Crippen LogP contribution in [0.25, 0.3) is 0 Å². The Balaban J connectivity index is 2.19. The van der Waals surface area contributed by atoms with Crippen molar-refractivity contribution < 1.29 is 0 Å². The van der Waals surface area contributed by atoms with Gasteiger partial charge in [-0.15, -0.1) is 0 Å². The number of nitrogens with two attached hydrogens (primary N) is 1. The summed E-state index contributed by atoms with van der Waals surface area (Å²) in [6.07, 6.45) is 9.54. The van der Waals surface area contributed by atoms with E-state index in [0.29, 0.717) is 5.41 Å². The Morgan fingerprint density at radius 3 is 2.50 bits per heavy atom. The second-order valence-corrected chi connectivity index (χ2v) is 7.19. The highest BCUT2D eigenvalue weighted by Gasteiger charge is 2.50. The first-order valence-corrected chi connectivity index (χ1v) is 8.01. The molecule has 2 nitrogen and oxygen atoms in total. The zero-order valence-corrected chi connectivity index (χ0v) is 12.7. The summed E-state index contributed by atoms with van der Waals surface area (Å²) in [7, 11) is 0. The minimum Gasteiger partial charge on any atom is -0.329 e. The largest absolute Gasteiger partial charge is 0.329 e. The fraction of sp³-hybridized carbons (Fsp3) is 1.00. The molecule has 18 heavy (non-hydrogen) atoms. The lowest BCUT2D eigenvalue weighted by Gasteiger charge is -2.58. The lowest BCUT2D eigenvalue weighted by molar-refractivity contribution is -0.0637. The molecule has 0 aromatic rings. The molecule has 2 heteroatoms. The van der Waals surface area contributed by atoms with Crippen LogP contribution in [0.5, 0.6) is 0 Å². The first-order chi connectivity index (χ1) is 8.55. The number of hydrogen-bond acceptors (Lipinski definition) is 2. The van der Waals surface area contributed by atoms with Crippen molar-refractivity contribution in [2.45, 2.75) is 71.3 Å². The molecule has 1 aliphatic heterocycles. The highest BCUT2D eigenvalue weighted by molar-refractivity contribution is 5.06. The van der Waals surface area contributed by atoms with Gasteiger partial charge in [0.25, 0.3) is 0 Å². The van der Waals surface area contributed by atoms with E-state index in [-0.39, 0.29) is 5.54 Å². The van der Waals surface area contributed by atoms with E-state index in [1.54, 1.807) is 0 Å². The molecular formula is C16H32N2. The zero-order chi connectivity index (χ0) is 13.2. The van der Waals surface area contributed by atoms with Crippen molar-refractivity contribution >= 4 is 0 Å². The molecule has 2 aliphatic rings. The van der Waals surface area contributed by atoms with E-state index < -0.39 is 0 Å². The van der Waals surface area contributed by atoms with E-state index in [0.717, 1.165) is 12.5 Å². The monoisotopic (exact) mass is 252 g/mol. The molecule has 0 spiro atoms. The van der Waals surface area contributed by atoms with Crippen LogP contribution in [-0.4, -0.2) is 30.1 Å². The van der Waals surface area contributed by atoms with Gasteiger partial charge in [-0.2, -0.15) is 0 Å². The van der Waals surface area contributed by atoms with Gasteiger partial charge < -0.3 is 5.73 Å². The predicted octanol–water partition coefficient (Wildman–Crippen LogP) is 3.41. The topological polar surface area (TPSA) is 29.3 Å². The van der Waals surface area contributed by atoms with Gasteiger partial charge in [0.05, 0.1) is 0 Å². The SMILES string of the molecule is CCC1CCCN(C2(CN)CCCCC2(C)C)C1. The minimum absolute atomic E-state index is 0.277. The lowest BCUT2D eigenvalue weighted by Crippen LogP contribution is -2.65. The number of piperidine rings is 1. The Hall–Kier alpha value is -0.0800. The maximum Gasteiger partial charge on any atom is 0.0382 e. The van der Waals surface area contributed by atoms with Gasteiger partial charge in [0.15, 0.2) is 0 Å². The van der Waals surface area contributed by atoms with Crippen molar-refractivity contribution in [3.63, 3.8) is 0 Å². The van der Waals surface area contributed by atoms with Crippen molar-refractivity contribution in [3.8, 4) is 0 Å². The molecule has 1 aliphatic carbocycles. The third-order valence-corrected chi connectivity index (χ3v) is 5.94. The minimum atomic E-state index is 0.277. The third-order valence-electron chi connectivity index (χ3n) is 5.94. The van der Waals surface area contributed by atoms with E-state index in [4.69, 9.17) is 5.73 Å². The highest BCUT2D eigenvalue weighted by atomic mass is 15.2. The average Bonchev–Trinajstić information content (AvgIpc) is 2.39. The first-order valence-electron chi connectivity index (χ1n) is 8.01. The Morgan fingerprint density at radius 2 is 1.89 bits per heavy atom. The second kappa shape index (κ2) is 5.50. The van der Waals surface area contributed by atoms with Crippen LogP contribution in [-0.2, 0) is 0 Å². The smallest absolute Gasteiger partial charge is 0.0382 e. The van der Waals surface area contributed by atoms with Crippen LogP contribution in [0.4, 0.5) is 0 Å². The molecule has 106 valence electrons. The number of rotatable bonds is 3. The van der Waals surface area contributed by atoms with Gasteiger partial charge in [0.2, 0.25) is 0 Å². The summed E-state index contributed by atoms with van der Waals surface area (Å²) >= 11 is 0. The van der Waals surface area contributed by atoms with Crippen LogP contribution in [0.3, 0.4) is 0 Å². The summed E-state index contributed by atoms with van der Waals surface area (Å²) in [4.78, 5) is 2.78. The summed E-state index contributed by atoms with van der Waals surface area (Å²) in [5.74, 6) is 0.903. The van der Waals surface area contributed by atoms with Gasteiger partial charge in [-0.25, -0.2) is 0 Å². The molecule has 2 atom stereocenters. The van der Waals surface area contributed by atoms with E-state index in [1.807, 2.05) is 0 Å². The third kappa shape index (κ3) is 2.34. The highest BCUT2D eigenvalue weighted by Crippen LogP contribution is 2.48. The molecule has 0 radical (unpaired) electrons. The molecule has 0 aromatic carbocycles. The summed E-state index contributed by atoms with van der Waals surface area (Å²) in [5.41, 5.74) is 6.95. The Labute approximate surface area is 113 Å². The number of likely N-dealkylation sites (tertiary alicyclic amines) is 1. The van der Waals surface area contributed by atoms with E-state index in [2.05, 4.69) is 25.7 Å². The average molecular weight is 252 g/mol. The normalized spacial score (nSPS) is 37.7. The van der Waals surface area contributed by atoms with E-state index >= 15 is 0 Å². The fourth-order valence-corrected chi connectivity index (χ4v) is 4.44. The Bertz CT molecular complexity index is 274. The van der Waals surface area contributed by atoms with Crippen molar-refractivity contribution in [3.05, 3.63) is 0 Å². The van der Waals surface area contributed by atoms with Crippen molar-refractivity contribution in [1.82, 2.24) is 4.90 Å². The van der Waals surface area contributed by atoms with Gasteiger partial charge in [0.1, 0.15) is 0 Å². The van der Waals surface area contributed by atoms with E-state index in [1.165, 1.54) is 58.0 Å². The van der Waals surface area contributed by atoms with Crippen LogP contribution >= 0.6 is 0 Å². The zero-order valence-electron chi connectivity index (χ0n) is 12.7. The number of nitrogens with zero attached hydrogens (tertiary/aromatic N) is 1. The number of hydrogen-bond donors (Lipinski definition) is 1. The summed E-state index contributed by atoms with van der Waals surface area (Å²) in [6, 6.07) is 0. The van der Waals surface area contributed by atoms with Gasteiger partial charge in [0, 0.05) is 18.6 Å². The summed E-state index contributed by atoms with van der Waals surface area (Å²) in [5, 5.41) is 0. The molecule has 2 unspecified atom stereocenters. The van der Waals surface area contributed by atoms with Crippen molar-refractivity contribution in [1.29, 1.82) is 0 Å². The molecule has 0 bridgehead atoms. The summed E-state index contributed by atoms with van der Waals surface area (Å²) < 4.78 is 0. The maximum absolute atomic E-state index is 6.29. The molecule has 1 saturated heterocycles. The molecule has 2 rings (SSSR count).